The molecule has 0 atom stereocenters. The number of esters is 1. The van der Waals surface area contributed by atoms with E-state index in [2.05, 4.69) is 4.74 Å². The van der Waals surface area contributed by atoms with Crippen molar-refractivity contribution in [3.05, 3.63) is 0 Å². The zero-order valence-corrected chi connectivity index (χ0v) is 8.50. The van der Waals surface area contributed by atoms with Gasteiger partial charge in [0, 0.05) is 19.4 Å². The third-order valence-electron chi connectivity index (χ3n) is 1.67. The van der Waals surface area contributed by atoms with E-state index in [1.54, 1.807) is 0 Å². The topological polar surface area (TPSA) is 46.6 Å². The number of ketones is 1. The van der Waals surface area contributed by atoms with E-state index >= 15 is 0 Å². The highest BCUT2D eigenvalue weighted by atomic mass is 16.5. The van der Waals surface area contributed by atoms with Crippen LogP contribution in [-0.4, -0.2) is 44.4 Å². The fourth-order valence-corrected chi connectivity index (χ4v) is 0.817. The molecule has 0 fully saturated rings. The number of hydrogen-bond donors (Lipinski definition) is 0. The summed E-state index contributed by atoms with van der Waals surface area (Å²) in [5.41, 5.74) is 0. The summed E-state index contributed by atoms with van der Waals surface area (Å²) in [7, 11) is 5.15. The van der Waals surface area contributed by atoms with Gasteiger partial charge in [0.1, 0.15) is 5.78 Å². The summed E-state index contributed by atoms with van der Waals surface area (Å²) in [5, 5.41) is 0. The predicted octanol–water partition coefficient (Wildman–Crippen LogP) is 0.460. The van der Waals surface area contributed by atoms with Gasteiger partial charge in [-0.05, 0) is 14.1 Å². The summed E-state index contributed by atoms with van der Waals surface area (Å²) in [5.74, 6) is -0.211. The number of rotatable bonds is 6. The van der Waals surface area contributed by atoms with Crippen LogP contribution in [0.2, 0.25) is 0 Å². The molecule has 0 aromatic carbocycles. The summed E-state index contributed by atoms with van der Waals surface area (Å²) < 4.78 is 4.42. The second-order valence-corrected chi connectivity index (χ2v) is 3.17. The van der Waals surface area contributed by atoms with E-state index in [0.29, 0.717) is 12.8 Å². The molecule has 0 aliphatic heterocycles. The molecule has 13 heavy (non-hydrogen) atoms. The number of carbonyl (C=O) groups excluding carboxylic acids is 2. The molecule has 0 N–H and O–H groups in total. The average molecular weight is 187 g/mol. The van der Waals surface area contributed by atoms with Crippen LogP contribution >= 0.6 is 0 Å². The van der Waals surface area contributed by atoms with Crippen molar-refractivity contribution in [1.29, 1.82) is 0 Å². The van der Waals surface area contributed by atoms with Crippen molar-refractivity contribution in [2.75, 3.05) is 27.7 Å². The van der Waals surface area contributed by atoms with Crippen LogP contribution in [0.4, 0.5) is 0 Å². The molecule has 0 amide bonds. The Balaban J connectivity index is 3.46. The first-order chi connectivity index (χ1) is 6.06. The monoisotopic (exact) mass is 187 g/mol. The number of methoxy groups -OCH3 is 1. The zero-order valence-electron chi connectivity index (χ0n) is 8.50. The molecule has 0 aromatic heterocycles. The van der Waals surface area contributed by atoms with Crippen LogP contribution in [0, 0.1) is 0 Å². The quantitative estimate of drug-likeness (QED) is 0.567. The minimum Gasteiger partial charge on any atom is -0.469 e. The number of Topliss-reactive ketones (excluding diaryl/α,β-unsaturated/α-hetero) is 1. The molecule has 4 nitrogen and oxygen atoms in total. The molecule has 0 unspecified atom stereocenters. The van der Waals surface area contributed by atoms with Crippen LogP contribution in [0.25, 0.3) is 0 Å². The molecule has 0 saturated carbocycles. The van der Waals surface area contributed by atoms with E-state index in [0.717, 1.165) is 6.54 Å². The number of nitrogens with zero attached hydrogens (tertiary/aromatic N) is 1. The highest BCUT2D eigenvalue weighted by Crippen LogP contribution is 1.97. The summed E-state index contributed by atoms with van der Waals surface area (Å²) in [4.78, 5) is 23.7. The minimum absolute atomic E-state index is 0.110. The molecule has 0 spiro atoms. The maximum atomic E-state index is 11.1. The van der Waals surface area contributed by atoms with Crippen molar-refractivity contribution >= 4 is 11.8 Å². The number of hydrogen-bond acceptors (Lipinski definition) is 4. The summed E-state index contributed by atoms with van der Waals surface area (Å²) >= 11 is 0. The fourth-order valence-electron chi connectivity index (χ4n) is 0.817. The first-order valence-electron chi connectivity index (χ1n) is 4.29. The predicted molar refractivity (Wildman–Crippen MR) is 49.4 cm³/mol. The Bertz CT molecular complexity index is 178. The lowest BCUT2D eigenvalue weighted by Crippen LogP contribution is -2.17. The van der Waals surface area contributed by atoms with Gasteiger partial charge in [-0.1, -0.05) is 0 Å². The molecule has 0 bridgehead atoms. The van der Waals surface area contributed by atoms with Gasteiger partial charge in [0.25, 0.3) is 0 Å². The molecule has 0 aliphatic carbocycles. The highest BCUT2D eigenvalue weighted by Gasteiger charge is 2.06. The van der Waals surface area contributed by atoms with Crippen LogP contribution in [0.1, 0.15) is 19.3 Å². The summed E-state index contributed by atoms with van der Waals surface area (Å²) in [6.45, 7) is 0.736. The molecule has 0 aliphatic rings. The zero-order chi connectivity index (χ0) is 10.3. The van der Waals surface area contributed by atoms with Crippen molar-refractivity contribution in [2.24, 2.45) is 0 Å². The van der Waals surface area contributed by atoms with Gasteiger partial charge in [0.05, 0.1) is 13.5 Å². The first-order valence-corrected chi connectivity index (χ1v) is 4.29. The van der Waals surface area contributed by atoms with Gasteiger partial charge in [0.2, 0.25) is 0 Å². The van der Waals surface area contributed by atoms with Gasteiger partial charge in [-0.3, -0.25) is 9.59 Å². The van der Waals surface area contributed by atoms with Gasteiger partial charge in [0.15, 0.2) is 0 Å². The molecule has 0 radical (unpaired) electrons. The van der Waals surface area contributed by atoms with Crippen LogP contribution in [0.3, 0.4) is 0 Å². The second kappa shape index (κ2) is 6.60. The minimum atomic E-state index is -0.321. The van der Waals surface area contributed by atoms with E-state index in [1.807, 2.05) is 19.0 Å². The van der Waals surface area contributed by atoms with Crippen molar-refractivity contribution in [3.8, 4) is 0 Å². The van der Waals surface area contributed by atoms with Crippen LogP contribution in [0.15, 0.2) is 0 Å². The number of carbonyl (C=O) groups is 2. The van der Waals surface area contributed by atoms with Crippen LogP contribution in [-0.2, 0) is 14.3 Å². The van der Waals surface area contributed by atoms with Gasteiger partial charge in [-0.15, -0.1) is 0 Å². The molecule has 0 rings (SSSR count). The van der Waals surface area contributed by atoms with Gasteiger partial charge in [-0.2, -0.15) is 0 Å². The molecule has 4 heteroatoms. The van der Waals surface area contributed by atoms with Crippen molar-refractivity contribution in [2.45, 2.75) is 19.3 Å². The third kappa shape index (κ3) is 7.46. The maximum absolute atomic E-state index is 11.1. The molecular formula is C9H17NO3. The Hall–Kier alpha value is -0.900. The maximum Gasteiger partial charge on any atom is 0.305 e. The summed E-state index contributed by atoms with van der Waals surface area (Å²) in [6.07, 6.45) is 0.993. The third-order valence-corrected chi connectivity index (χ3v) is 1.67. The standard InChI is InChI=1S/C9H17NO3/c1-10(2)7-6-8(11)4-5-9(12)13-3/h4-7H2,1-3H3. The normalized spacial score (nSPS) is 10.2. The first kappa shape index (κ1) is 12.1. The van der Waals surface area contributed by atoms with Crippen molar-refractivity contribution in [3.63, 3.8) is 0 Å². The Morgan fingerprint density at radius 2 is 1.77 bits per heavy atom. The largest absolute Gasteiger partial charge is 0.469 e. The van der Waals surface area contributed by atoms with Crippen molar-refractivity contribution in [1.82, 2.24) is 4.90 Å². The van der Waals surface area contributed by atoms with E-state index < -0.39 is 0 Å². The molecule has 76 valence electrons. The molecule has 0 saturated heterocycles. The van der Waals surface area contributed by atoms with Crippen LogP contribution < -0.4 is 0 Å². The van der Waals surface area contributed by atoms with E-state index in [9.17, 15) is 9.59 Å². The average Bonchev–Trinajstić information content (AvgIpc) is 2.10. The Morgan fingerprint density at radius 1 is 1.15 bits per heavy atom. The second-order valence-electron chi connectivity index (χ2n) is 3.17. The van der Waals surface area contributed by atoms with Gasteiger partial charge in [-0.25, -0.2) is 0 Å². The van der Waals surface area contributed by atoms with E-state index in [4.69, 9.17) is 0 Å². The lowest BCUT2D eigenvalue weighted by molar-refractivity contribution is -0.141. The Labute approximate surface area is 78.9 Å². The molecular weight excluding hydrogens is 170 g/mol. The van der Waals surface area contributed by atoms with E-state index in [1.165, 1.54) is 7.11 Å². The Kier molecular flexibility index (Phi) is 6.14. The van der Waals surface area contributed by atoms with Gasteiger partial charge >= 0.3 is 5.97 Å². The summed E-state index contributed by atoms with van der Waals surface area (Å²) in [6, 6.07) is 0. The smallest absolute Gasteiger partial charge is 0.305 e. The van der Waals surface area contributed by atoms with E-state index in [-0.39, 0.29) is 18.2 Å². The fraction of sp³-hybridized carbons (Fsp3) is 0.778. The van der Waals surface area contributed by atoms with Gasteiger partial charge < -0.3 is 9.64 Å². The lowest BCUT2D eigenvalue weighted by Gasteiger charge is -2.07. The van der Waals surface area contributed by atoms with Crippen molar-refractivity contribution < 1.29 is 14.3 Å². The lowest BCUT2D eigenvalue weighted by atomic mass is 10.1. The number of ether oxygens (including phenoxy) is 1. The molecule has 0 heterocycles. The molecule has 0 aromatic rings. The SMILES string of the molecule is COC(=O)CCC(=O)CCN(C)C. The highest BCUT2D eigenvalue weighted by molar-refractivity contribution is 5.82. The Morgan fingerprint density at radius 3 is 2.23 bits per heavy atom. The van der Waals surface area contributed by atoms with Crippen LogP contribution in [0.5, 0.6) is 0 Å².